The predicted molar refractivity (Wildman–Crippen MR) is 66.8 cm³/mol. The second-order valence-corrected chi connectivity index (χ2v) is 4.17. The van der Waals surface area contributed by atoms with E-state index in [2.05, 4.69) is 20.3 Å². The fraction of sp³-hybridized carbons (Fsp3) is 0.308. The van der Waals surface area contributed by atoms with Crippen molar-refractivity contribution in [1.29, 1.82) is 0 Å². The molecule has 0 unspecified atom stereocenters. The highest BCUT2D eigenvalue weighted by molar-refractivity contribution is 5.59. The van der Waals surface area contributed by atoms with Gasteiger partial charge in [-0.2, -0.15) is 0 Å². The standard InChI is InChI=1S/C13H14N4/c1-14-13-10-5-2-6-11(10)16-12(17-13)9-4-3-7-15-8-9/h3-4,7-8H,2,5-6H2,1H3,(H,14,16,17). The summed E-state index contributed by atoms with van der Waals surface area (Å²) in [5, 5.41) is 3.17. The van der Waals surface area contributed by atoms with Crippen LogP contribution in [0, 0.1) is 0 Å². The fourth-order valence-corrected chi connectivity index (χ4v) is 2.26. The van der Waals surface area contributed by atoms with Crippen LogP contribution >= 0.6 is 0 Å². The molecule has 0 bridgehead atoms. The Bertz CT molecular complexity index is 537. The third kappa shape index (κ3) is 1.75. The van der Waals surface area contributed by atoms with Crippen molar-refractivity contribution in [2.45, 2.75) is 19.3 Å². The third-order valence-corrected chi connectivity index (χ3v) is 3.09. The minimum absolute atomic E-state index is 0.767. The highest BCUT2D eigenvalue weighted by Crippen LogP contribution is 2.28. The van der Waals surface area contributed by atoms with Gasteiger partial charge in [0.1, 0.15) is 5.82 Å². The number of aryl methyl sites for hydroxylation is 1. The number of anilines is 1. The normalized spacial score (nSPS) is 13.5. The van der Waals surface area contributed by atoms with Crippen LogP contribution in [0.4, 0.5) is 5.82 Å². The molecule has 0 saturated heterocycles. The van der Waals surface area contributed by atoms with E-state index in [1.807, 2.05) is 19.2 Å². The Kier molecular flexibility index (Phi) is 2.48. The quantitative estimate of drug-likeness (QED) is 0.851. The van der Waals surface area contributed by atoms with Crippen LogP contribution in [0.5, 0.6) is 0 Å². The van der Waals surface area contributed by atoms with Gasteiger partial charge in [0.05, 0.1) is 0 Å². The lowest BCUT2D eigenvalue weighted by Crippen LogP contribution is -2.03. The molecule has 0 atom stereocenters. The Morgan fingerprint density at radius 1 is 1.24 bits per heavy atom. The summed E-state index contributed by atoms with van der Waals surface area (Å²) in [6.07, 6.45) is 6.87. The van der Waals surface area contributed by atoms with E-state index in [4.69, 9.17) is 0 Å². The van der Waals surface area contributed by atoms with Gasteiger partial charge in [0, 0.05) is 36.3 Å². The summed E-state index contributed by atoms with van der Waals surface area (Å²) in [4.78, 5) is 13.3. The number of rotatable bonds is 2. The van der Waals surface area contributed by atoms with Crippen LogP contribution in [-0.2, 0) is 12.8 Å². The van der Waals surface area contributed by atoms with Crippen molar-refractivity contribution in [1.82, 2.24) is 15.0 Å². The minimum Gasteiger partial charge on any atom is -0.373 e. The molecule has 2 heterocycles. The average Bonchev–Trinajstić information content (AvgIpc) is 2.86. The van der Waals surface area contributed by atoms with E-state index < -0.39 is 0 Å². The SMILES string of the molecule is CNc1nc(-c2cccnc2)nc2c1CCC2. The van der Waals surface area contributed by atoms with Crippen molar-refractivity contribution >= 4 is 5.82 Å². The summed E-state index contributed by atoms with van der Waals surface area (Å²) >= 11 is 0. The smallest absolute Gasteiger partial charge is 0.163 e. The molecule has 2 aromatic rings. The van der Waals surface area contributed by atoms with Crippen LogP contribution in [0.2, 0.25) is 0 Å². The first-order valence-corrected chi connectivity index (χ1v) is 5.86. The molecule has 1 aliphatic carbocycles. The zero-order chi connectivity index (χ0) is 11.7. The molecule has 0 fully saturated rings. The predicted octanol–water partition coefficient (Wildman–Crippen LogP) is 2.07. The molecule has 1 N–H and O–H groups in total. The Morgan fingerprint density at radius 3 is 2.94 bits per heavy atom. The average molecular weight is 226 g/mol. The number of pyridine rings is 1. The maximum Gasteiger partial charge on any atom is 0.163 e. The maximum absolute atomic E-state index is 4.64. The first-order chi connectivity index (χ1) is 8.38. The maximum atomic E-state index is 4.64. The van der Waals surface area contributed by atoms with Gasteiger partial charge >= 0.3 is 0 Å². The van der Waals surface area contributed by atoms with Crippen LogP contribution in [0.25, 0.3) is 11.4 Å². The van der Waals surface area contributed by atoms with Crippen molar-refractivity contribution in [2.24, 2.45) is 0 Å². The summed E-state index contributed by atoms with van der Waals surface area (Å²) in [6, 6.07) is 3.90. The van der Waals surface area contributed by atoms with Gasteiger partial charge in [-0.05, 0) is 31.4 Å². The number of fused-ring (bicyclic) bond motifs is 1. The summed E-state index contributed by atoms with van der Waals surface area (Å²) in [5.74, 6) is 1.73. The van der Waals surface area contributed by atoms with Gasteiger partial charge in [-0.25, -0.2) is 9.97 Å². The highest BCUT2D eigenvalue weighted by atomic mass is 15.0. The van der Waals surface area contributed by atoms with Crippen molar-refractivity contribution in [3.05, 3.63) is 35.8 Å². The Hall–Kier alpha value is -1.97. The van der Waals surface area contributed by atoms with Crippen molar-refractivity contribution < 1.29 is 0 Å². The second kappa shape index (κ2) is 4.13. The summed E-state index contributed by atoms with van der Waals surface area (Å²) in [7, 11) is 1.91. The lowest BCUT2D eigenvalue weighted by Gasteiger charge is -2.09. The Balaban J connectivity index is 2.13. The van der Waals surface area contributed by atoms with Gasteiger partial charge in [-0.15, -0.1) is 0 Å². The molecule has 86 valence electrons. The van der Waals surface area contributed by atoms with Gasteiger partial charge in [-0.3, -0.25) is 4.98 Å². The van der Waals surface area contributed by atoms with E-state index in [1.54, 1.807) is 12.4 Å². The number of nitrogens with one attached hydrogen (secondary N) is 1. The molecule has 4 heteroatoms. The molecule has 0 aromatic carbocycles. The summed E-state index contributed by atoms with van der Waals surface area (Å²) in [5.41, 5.74) is 3.43. The van der Waals surface area contributed by atoms with Crippen LogP contribution in [0.15, 0.2) is 24.5 Å². The molecule has 0 amide bonds. The molecule has 0 saturated carbocycles. The lowest BCUT2D eigenvalue weighted by molar-refractivity contribution is 0.900. The van der Waals surface area contributed by atoms with Gasteiger partial charge in [-0.1, -0.05) is 0 Å². The topological polar surface area (TPSA) is 50.7 Å². The Labute approximate surface area is 100 Å². The van der Waals surface area contributed by atoms with Gasteiger partial charge < -0.3 is 5.32 Å². The van der Waals surface area contributed by atoms with E-state index in [0.29, 0.717) is 0 Å². The number of hydrogen-bond acceptors (Lipinski definition) is 4. The summed E-state index contributed by atoms with van der Waals surface area (Å²) in [6.45, 7) is 0. The molecule has 2 aromatic heterocycles. The highest BCUT2D eigenvalue weighted by Gasteiger charge is 2.19. The zero-order valence-corrected chi connectivity index (χ0v) is 9.77. The molecule has 3 rings (SSSR count). The molecule has 0 radical (unpaired) electrons. The van der Waals surface area contributed by atoms with Gasteiger partial charge in [0.25, 0.3) is 0 Å². The molecular weight excluding hydrogens is 212 g/mol. The molecule has 1 aliphatic rings. The summed E-state index contributed by atoms with van der Waals surface area (Å²) < 4.78 is 0. The van der Waals surface area contributed by atoms with E-state index in [0.717, 1.165) is 30.0 Å². The zero-order valence-electron chi connectivity index (χ0n) is 9.77. The molecular formula is C13H14N4. The van der Waals surface area contributed by atoms with Gasteiger partial charge in [0.15, 0.2) is 5.82 Å². The van der Waals surface area contributed by atoms with Gasteiger partial charge in [0.2, 0.25) is 0 Å². The molecule has 17 heavy (non-hydrogen) atoms. The van der Waals surface area contributed by atoms with Crippen molar-refractivity contribution in [2.75, 3.05) is 12.4 Å². The second-order valence-electron chi connectivity index (χ2n) is 4.17. The van der Waals surface area contributed by atoms with E-state index in [9.17, 15) is 0 Å². The lowest BCUT2D eigenvalue weighted by atomic mass is 10.2. The molecule has 0 spiro atoms. The van der Waals surface area contributed by atoms with E-state index in [-0.39, 0.29) is 0 Å². The van der Waals surface area contributed by atoms with Crippen LogP contribution < -0.4 is 5.32 Å². The monoisotopic (exact) mass is 226 g/mol. The van der Waals surface area contributed by atoms with E-state index in [1.165, 1.54) is 17.7 Å². The molecule has 0 aliphatic heterocycles. The Morgan fingerprint density at radius 2 is 2.18 bits per heavy atom. The first-order valence-electron chi connectivity index (χ1n) is 5.86. The van der Waals surface area contributed by atoms with Crippen LogP contribution in [0.3, 0.4) is 0 Å². The van der Waals surface area contributed by atoms with Crippen molar-refractivity contribution in [3.8, 4) is 11.4 Å². The number of aromatic nitrogens is 3. The minimum atomic E-state index is 0.767. The van der Waals surface area contributed by atoms with Crippen LogP contribution in [0.1, 0.15) is 17.7 Å². The first kappa shape index (κ1) is 10.2. The number of nitrogens with zero attached hydrogens (tertiary/aromatic N) is 3. The third-order valence-electron chi connectivity index (χ3n) is 3.09. The van der Waals surface area contributed by atoms with Crippen LogP contribution in [-0.4, -0.2) is 22.0 Å². The van der Waals surface area contributed by atoms with Crippen molar-refractivity contribution in [3.63, 3.8) is 0 Å². The largest absolute Gasteiger partial charge is 0.373 e. The molecule has 4 nitrogen and oxygen atoms in total. The fourth-order valence-electron chi connectivity index (χ4n) is 2.26. The number of hydrogen-bond donors (Lipinski definition) is 1. The van der Waals surface area contributed by atoms with E-state index >= 15 is 0 Å².